The monoisotopic (exact) mass is 332 g/mol. The van der Waals surface area contributed by atoms with Gasteiger partial charge in [0.25, 0.3) is 0 Å². The number of nitrogens with zero attached hydrogens (tertiary/aromatic N) is 1. The molecule has 3 nitrogen and oxygen atoms in total. The molecule has 1 heterocycles. The Hall–Kier alpha value is -1.55. The van der Waals surface area contributed by atoms with E-state index in [2.05, 4.69) is 40.5 Å². The Morgan fingerprint density at radius 3 is 2.61 bits per heavy atom. The summed E-state index contributed by atoms with van der Waals surface area (Å²) in [4.78, 5) is 2.50. The fourth-order valence-corrected chi connectivity index (χ4v) is 2.94. The normalized spacial score (nSPS) is 17.7. The lowest BCUT2D eigenvalue weighted by atomic mass is 10.2. The molecular formula is C19H25ClN2O. The van der Waals surface area contributed by atoms with E-state index in [1.165, 1.54) is 24.1 Å². The number of hydrogen-bond acceptors (Lipinski definition) is 3. The minimum Gasteiger partial charge on any atom is -0.489 e. The standard InChI is InChI=1S/C19H24N2O.ClH/c1-20-18-10-11-21(14-18)13-17-8-5-9-19(12-17)22-15-16-6-3-2-4-7-16;/h2-9,12,18,20H,10-11,13-15H2,1H3;1H. The zero-order valence-electron chi connectivity index (χ0n) is 13.6. The van der Waals surface area contributed by atoms with Crippen LogP contribution in [0.4, 0.5) is 0 Å². The van der Waals surface area contributed by atoms with Crippen LogP contribution in [0.25, 0.3) is 0 Å². The lowest BCUT2D eigenvalue weighted by Gasteiger charge is -2.16. The van der Waals surface area contributed by atoms with E-state index in [0.717, 1.165) is 18.8 Å². The molecule has 4 heteroatoms. The Morgan fingerprint density at radius 1 is 1.09 bits per heavy atom. The van der Waals surface area contributed by atoms with Crippen LogP contribution in [-0.2, 0) is 13.2 Å². The third kappa shape index (κ3) is 5.24. The molecule has 2 aromatic rings. The lowest BCUT2D eigenvalue weighted by molar-refractivity contribution is 0.302. The summed E-state index contributed by atoms with van der Waals surface area (Å²) < 4.78 is 5.91. The number of hydrogen-bond donors (Lipinski definition) is 1. The molecule has 0 saturated carbocycles. The maximum Gasteiger partial charge on any atom is 0.120 e. The van der Waals surface area contributed by atoms with Crippen LogP contribution in [0, 0.1) is 0 Å². The molecule has 0 aromatic heterocycles. The number of benzene rings is 2. The van der Waals surface area contributed by atoms with Gasteiger partial charge in [-0.25, -0.2) is 0 Å². The van der Waals surface area contributed by atoms with Gasteiger partial charge in [0.15, 0.2) is 0 Å². The first-order valence-electron chi connectivity index (χ1n) is 7.99. The second-order valence-corrected chi connectivity index (χ2v) is 5.93. The molecule has 1 fully saturated rings. The van der Waals surface area contributed by atoms with Crippen LogP contribution in [0.2, 0.25) is 0 Å². The summed E-state index contributed by atoms with van der Waals surface area (Å²) in [6, 6.07) is 19.4. The van der Waals surface area contributed by atoms with E-state index in [9.17, 15) is 0 Å². The van der Waals surface area contributed by atoms with Crippen molar-refractivity contribution in [2.45, 2.75) is 25.6 Å². The van der Waals surface area contributed by atoms with Crippen molar-refractivity contribution < 1.29 is 4.74 Å². The van der Waals surface area contributed by atoms with Gasteiger partial charge in [0, 0.05) is 25.7 Å². The maximum absolute atomic E-state index is 5.91. The average molecular weight is 333 g/mol. The molecule has 1 unspecified atom stereocenters. The molecular weight excluding hydrogens is 308 g/mol. The zero-order chi connectivity index (χ0) is 15.2. The van der Waals surface area contributed by atoms with Crippen LogP contribution in [0.15, 0.2) is 54.6 Å². The highest BCUT2D eigenvalue weighted by atomic mass is 35.5. The van der Waals surface area contributed by atoms with E-state index >= 15 is 0 Å². The van der Waals surface area contributed by atoms with Crippen LogP contribution in [-0.4, -0.2) is 31.1 Å². The first kappa shape index (κ1) is 17.8. The summed E-state index contributed by atoms with van der Waals surface area (Å²) >= 11 is 0. The topological polar surface area (TPSA) is 24.5 Å². The van der Waals surface area contributed by atoms with E-state index in [1.807, 2.05) is 31.3 Å². The molecule has 1 saturated heterocycles. The fraction of sp³-hybridized carbons (Fsp3) is 0.368. The minimum absolute atomic E-state index is 0. The van der Waals surface area contributed by atoms with E-state index in [1.54, 1.807) is 0 Å². The second-order valence-electron chi connectivity index (χ2n) is 5.93. The van der Waals surface area contributed by atoms with Gasteiger partial charge in [-0.15, -0.1) is 12.4 Å². The molecule has 1 aliphatic heterocycles. The molecule has 1 atom stereocenters. The van der Waals surface area contributed by atoms with Crippen molar-refractivity contribution in [2.24, 2.45) is 0 Å². The van der Waals surface area contributed by atoms with Gasteiger partial charge in [-0.2, -0.15) is 0 Å². The Labute approximate surface area is 145 Å². The predicted octanol–water partition coefficient (Wildman–Crippen LogP) is 3.48. The highest BCUT2D eigenvalue weighted by Gasteiger charge is 2.20. The summed E-state index contributed by atoms with van der Waals surface area (Å²) in [5.74, 6) is 0.950. The third-order valence-electron chi connectivity index (χ3n) is 4.23. The van der Waals surface area contributed by atoms with Crippen molar-refractivity contribution in [3.8, 4) is 5.75 Å². The summed E-state index contributed by atoms with van der Waals surface area (Å²) in [5.41, 5.74) is 2.52. The Bertz CT molecular complexity index is 591. The molecule has 0 bridgehead atoms. The molecule has 0 radical (unpaired) electrons. The molecule has 0 aliphatic carbocycles. The highest BCUT2D eigenvalue weighted by molar-refractivity contribution is 5.85. The summed E-state index contributed by atoms with van der Waals surface area (Å²) in [6.45, 7) is 3.92. The lowest BCUT2D eigenvalue weighted by Crippen LogP contribution is -2.29. The van der Waals surface area contributed by atoms with Crippen LogP contribution < -0.4 is 10.1 Å². The van der Waals surface area contributed by atoms with Gasteiger partial charge >= 0.3 is 0 Å². The van der Waals surface area contributed by atoms with Gasteiger partial charge in [0.1, 0.15) is 12.4 Å². The maximum atomic E-state index is 5.91. The van der Waals surface area contributed by atoms with Gasteiger partial charge in [-0.05, 0) is 36.7 Å². The van der Waals surface area contributed by atoms with Crippen molar-refractivity contribution in [3.05, 3.63) is 65.7 Å². The van der Waals surface area contributed by atoms with E-state index in [4.69, 9.17) is 4.74 Å². The SMILES string of the molecule is CNC1CCN(Cc2cccc(OCc3ccccc3)c2)C1.Cl. The molecule has 3 rings (SSSR count). The molecule has 23 heavy (non-hydrogen) atoms. The van der Waals surface area contributed by atoms with Gasteiger partial charge in [-0.3, -0.25) is 4.90 Å². The molecule has 1 aliphatic rings. The van der Waals surface area contributed by atoms with Crippen LogP contribution in [0.1, 0.15) is 17.5 Å². The second kappa shape index (κ2) is 8.92. The largest absolute Gasteiger partial charge is 0.489 e. The van der Waals surface area contributed by atoms with Gasteiger partial charge in [-0.1, -0.05) is 42.5 Å². The number of ether oxygens (including phenoxy) is 1. The number of rotatable bonds is 6. The number of likely N-dealkylation sites (tertiary alicyclic amines) is 1. The first-order chi connectivity index (χ1) is 10.8. The molecule has 2 aromatic carbocycles. The third-order valence-corrected chi connectivity index (χ3v) is 4.23. The number of nitrogens with one attached hydrogen (secondary N) is 1. The smallest absolute Gasteiger partial charge is 0.120 e. The fourth-order valence-electron chi connectivity index (χ4n) is 2.94. The first-order valence-corrected chi connectivity index (χ1v) is 7.99. The molecule has 0 spiro atoms. The Kier molecular flexibility index (Phi) is 6.90. The minimum atomic E-state index is 0. The van der Waals surface area contributed by atoms with E-state index in [-0.39, 0.29) is 12.4 Å². The van der Waals surface area contributed by atoms with E-state index < -0.39 is 0 Å². The van der Waals surface area contributed by atoms with Crippen molar-refractivity contribution in [2.75, 3.05) is 20.1 Å². The predicted molar refractivity (Wildman–Crippen MR) is 97.2 cm³/mol. The molecule has 124 valence electrons. The van der Waals surface area contributed by atoms with Crippen LogP contribution >= 0.6 is 12.4 Å². The molecule has 0 amide bonds. The van der Waals surface area contributed by atoms with Crippen molar-refractivity contribution in [1.82, 2.24) is 10.2 Å². The van der Waals surface area contributed by atoms with Crippen LogP contribution in [0.5, 0.6) is 5.75 Å². The van der Waals surface area contributed by atoms with Gasteiger partial charge in [0.2, 0.25) is 0 Å². The summed E-state index contributed by atoms with van der Waals surface area (Å²) in [5, 5.41) is 3.36. The average Bonchev–Trinajstić information content (AvgIpc) is 3.02. The van der Waals surface area contributed by atoms with Crippen LogP contribution in [0.3, 0.4) is 0 Å². The van der Waals surface area contributed by atoms with Crippen molar-refractivity contribution in [1.29, 1.82) is 0 Å². The highest BCUT2D eigenvalue weighted by Crippen LogP contribution is 2.18. The summed E-state index contributed by atoms with van der Waals surface area (Å²) in [7, 11) is 2.05. The summed E-state index contributed by atoms with van der Waals surface area (Å²) in [6.07, 6.45) is 1.24. The quantitative estimate of drug-likeness (QED) is 0.876. The number of halogens is 1. The zero-order valence-corrected chi connectivity index (χ0v) is 14.4. The van der Waals surface area contributed by atoms with Gasteiger partial charge < -0.3 is 10.1 Å². The van der Waals surface area contributed by atoms with Crippen molar-refractivity contribution in [3.63, 3.8) is 0 Å². The van der Waals surface area contributed by atoms with Crippen molar-refractivity contribution >= 4 is 12.4 Å². The number of likely N-dealkylation sites (N-methyl/N-ethyl adjacent to an activating group) is 1. The molecule has 1 N–H and O–H groups in total. The van der Waals surface area contributed by atoms with Gasteiger partial charge in [0.05, 0.1) is 0 Å². The Balaban J connectivity index is 0.00000192. The Morgan fingerprint density at radius 2 is 1.87 bits per heavy atom. The van der Waals surface area contributed by atoms with E-state index in [0.29, 0.717) is 12.6 Å².